The van der Waals surface area contributed by atoms with E-state index in [0.29, 0.717) is 0 Å². The van der Waals surface area contributed by atoms with Gasteiger partial charge in [0.25, 0.3) is 0 Å². The van der Waals surface area contributed by atoms with E-state index >= 15 is 0 Å². The van der Waals surface area contributed by atoms with Crippen LogP contribution in [0.4, 0.5) is 0 Å². The Morgan fingerprint density at radius 3 is 2.63 bits per heavy atom. The first-order chi connectivity index (χ1) is 9.08. The molecule has 0 bridgehead atoms. The van der Waals surface area contributed by atoms with Crippen molar-refractivity contribution in [1.29, 1.82) is 0 Å². The second-order valence-electron chi connectivity index (χ2n) is 6.18. The summed E-state index contributed by atoms with van der Waals surface area (Å²) >= 11 is 0. The fourth-order valence-corrected chi connectivity index (χ4v) is 3.40. The molecule has 2 rings (SSSR count). The van der Waals surface area contributed by atoms with E-state index in [1.807, 2.05) is 12.1 Å². The first-order valence-corrected chi connectivity index (χ1v) is 7.24. The highest BCUT2D eigenvalue weighted by Crippen LogP contribution is 2.38. The molecule has 1 saturated carbocycles. The number of likely N-dealkylation sites (N-methyl/N-ethyl adjacent to an activating group) is 1. The lowest BCUT2D eigenvalue weighted by molar-refractivity contribution is 0.0417. The maximum atomic E-state index is 5.86. The van der Waals surface area contributed by atoms with Gasteiger partial charge < -0.3 is 9.32 Å². The topological polar surface area (TPSA) is 54.4 Å². The molecule has 108 valence electrons. The largest absolute Gasteiger partial charge is 0.469 e. The molecule has 0 spiro atoms. The van der Waals surface area contributed by atoms with Gasteiger partial charge in [-0.2, -0.15) is 0 Å². The Labute approximate surface area is 116 Å². The third kappa shape index (κ3) is 3.02. The summed E-state index contributed by atoms with van der Waals surface area (Å²) in [7, 11) is 4.34. The van der Waals surface area contributed by atoms with Crippen LogP contribution in [-0.4, -0.2) is 30.6 Å². The summed E-state index contributed by atoms with van der Waals surface area (Å²) in [5.74, 6) is 7.69. The summed E-state index contributed by atoms with van der Waals surface area (Å²) in [5, 5.41) is 0. The van der Waals surface area contributed by atoms with Crippen LogP contribution in [0.1, 0.15) is 38.4 Å². The standard InChI is InChI=1S/C15H27N3O/c1-12-6-8-15(9-7-12,18(2)3)14(17-16)11-13-5-4-10-19-13/h4-5,10,12,14,17H,6-9,11,16H2,1-3H3. The van der Waals surface area contributed by atoms with E-state index in [4.69, 9.17) is 10.3 Å². The van der Waals surface area contributed by atoms with Crippen LogP contribution >= 0.6 is 0 Å². The Morgan fingerprint density at radius 1 is 1.47 bits per heavy atom. The number of nitrogens with two attached hydrogens (primary N) is 1. The van der Waals surface area contributed by atoms with Crippen molar-refractivity contribution in [2.75, 3.05) is 14.1 Å². The summed E-state index contributed by atoms with van der Waals surface area (Å²) < 4.78 is 5.49. The van der Waals surface area contributed by atoms with Crippen molar-refractivity contribution in [3.8, 4) is 0 Å². The van der Waals surface area contributed by atoms with E-state index in [1.54, 1.807) is 6.26 Å². The van der Waals surface area contributed by atoms with Crippen LogP contribution in [0.2, 0.25) is 0 Å². The highest BCUT2D eigenvalue weighted by atomic mass is 16.3. The van der Waals surface area contributed by atoms with Crippen molar-refractivity contribution in [3.05, 3.63) is 24.2 Å². The molecule has 1 unspecified atom stereocenters. The number of nitrogens with one attached hydrogen (secondary N) is 1. The molecular formula is C15H27N3O. The van der Waals surface area contributed by atoms with Crippen LogP contribution in [0, 0.1) is 5.92 Å². The SMILES string of the molecule is CC1CCC(C(Cc2ccco2)NN)(N(C)C)CC1. The Balaban J connectivity index is 2.16. The molecule has 1 aromatic heterocycles. The van der Waals surface area contributed by atoms with E-state index in [-0.39, 0.29) is 11.6 Å². The molecule has 0 radical (unpaired) electrons. The Kier molecular flexibility index (Phi) is 4.66. The van der Waals surface area contributed by atoms with Gasteiger partial charge in [0.15, 0.2) is 0 Å². The fourth-order valence-electron chi connectivity index (χ4n) is 3.40. The number of hydrogen-bond donors (Lipinski definition) is 2. The van der Waals surface area contributed by atoms with E-state index in [0.717, 1.165) is 18.1 Å². The van der Waals surface area contributed by atoms with Gasteiger partial charge in [-0.25, -0.2) is 0 Å². The second-order valence-corrected chi connectivity index (χ2v) is 6.18. The maximum Gasteiger partial charge on any atom is 0.105 e. The van der Waals surface area contributed by atoms with Crippen molar-refractivity contribution < 1.29 is 4.42 Å². The van der Waals surface area contributed by atoms with E-state index < -0.39 is 0 Å². The quantitative estimate of drug-likeness (QED) is 0.633. The maximum absolute atomic E-state index is 5.86. The molecular weight excluding hydrogens is 238 g/mol. The average molecular weight is 265 g/mol. The summed E-state index contributed by atoms with van der Waals surface area (Å²) in [6.07, 6.45) is 7.50. The molecule has 0 amide bonds. The molecule has 3 N–H and O–H groups in total. The third-order valence-corrected chi connectivity index (χ3v) is 4.87. The number of hydrogen-bond acceptors (Lipinski definition) is 4. The van der Waals surface area contributed by atoms with Gasteiger partial charge in [0.1, 0.15) is 5.76 Å². The summed E-state index contributed by atoms with van der Waals surface area (Å²) in [5.41, 5.74) is 3.18. The zero-order valence-electron chi connectivity index (χ0n) is 12.4. The normalized spacial score (nSPS) is 29.6. The molecule has 4 heteroatoms. The van der Waals surface area contributed by atoms with Crippen LogP contribution in [0.5, 0.6) is 0 Å². The molecule has 19 heavy (non-hydrogen) atoms. The lowest BCUT2D eigenvalue weighted by Crippen LogP contribution is -2.62. The summed E-state index contributed by atoms with van der Waals surface area (Å²) in [4.78, 5) is 2.35. The van der Waals surface area contributed by atoms with Crippen molar-refractivity contribution in [2.24, 2.45) is 11.8 Å². The first kappa shape index (κ1) is 14.6. The zero-order chi connectivity index (χ0) is 13.9. The Bertz CT molecular complexity index is 367. The monoisotopic (exact) mass is 265 g/mol. The van der Waals surface area contributed by atoms with Gasteiger partial charge in [-0.1, -0.05) is 6.92 Å². The van der Waals surface area contributed by atoms with E-state index in [2.05, 4.69) is 31.3 Å². The molecule has 1 aliphatic carbocycles. The van der Waals surface area contributed by atoms with Crippen LogP contribution in [0.25, 0.3) is 0 Å². The van der Waals surface area contributed by atoms with E-state index in [9.17, 15) is 0 Å². The average Bonchev–Trinajstić information content (AvgIpc) is 2.90. The van der Waals surface area contributed by atoms with Crippen molar-refractivity contribution >= 4 is 0 Å². The van der Waals surface area contributed by atoms with Crippen molar-refractivity contribution in [2.45, 2.75) is 50.6 Å². The first-order valence-electron chi connectivity index (χ1n) is 7.24. The highest BCUT2D eigenvalue weighted by molar-refractivity contribution is 5.08. The minimum atomic E-state index is 0.133. The van der Waals surface area contributed by atoms with Gasteiger partial charge in [-0.15, -0.1) is 0 Å². The molecule has 4 nitrogen and oxygen atoms in total. The van der Waals surface area contributed by atoms with Gasteiger partial charge in [0, 0.05) is 18.0 Å². The van der Waals surface area contributed by atoms with Crippen molar-refractivity contribution in [3.63, 3.8) is 0 Å². The van der Waals surface area contributed by atoms with Crippen molar-refractivity contribution in [1.82, 2.24) is 10.3 Å². The predicted molar refractivity (Wildman–Crippen MR) is 77.6 cm³/mol. The Hall–Kier alpha value is -0.840. The lowest BCUT2D eigenvalue weighted by atomic mass is 9.71. The minimum absolute atomic E-state index is 0.133. The minimum Gasteiger partial charge on any atom is -0.469 e. The van der Waals surface area contributed by atoms with E-state index in [1.165, 1.54) is 25.7 Å². The number of hydrazine groups is 1. The van der Waals surface area contributed by atoms with Crippen LogP contribution < -0.4 is 11.3 Å². The zero-order valence-corrected chi connectivity index (χ0v) is 12.4. The van der Waals surface area contributed by atoms with Crippen LogP contribution in [0.3, 0.4) is 0 Å². The van der Waals surface area contributed by atoms with Gasteiger partial charge in [0.05, 0.1) is 6.26 Å². The third-order valence-electron chi connectivity index (χ3n) is 4.87. The van der Waals surface area contributed by atoms with Gasteiger partial charge in [-0.3, -0.25) is 11.3 Å². The molecule has 0 aromatic carbocycles. The lowest BCUT2D eigenvalue weighted by Gasteiger charge is -2.49. The molecule has 1 aliphatic rings. The molecule has 1 aromatic rings. The number of rotatable bonds is 5. The summed E-state index contributed by atoms with van der Waals surface area (Å²) in [6.45, 7) is 2.34. The van der Waals surface area contributed by atoms with Gasteiger partial charge in [-0.05, 0) is 57.8 Å². The van der Waals surface area contributed by atoms with Gasteiger partial charge in [0.2, 0.25) is 0 Å². The van der Waals surface area contributed by atoms with Crippen LogP contribution in [0.15, 0.2) is 22.8 Å². The molecule has 1 heterocycles. The fraction of sp³-hybridized carbons (Fsp3) is 0.733. The number of furan rings is 1. The molecule has 1 atom stereocenters. The molecule has 0 saturated heterocycles. The number of nitrogens with zero attached hydrogens (tertiary/aromatic N) is 1. The Morgan fingerprint density at radius 2 is 2.16 bits per heavy atom. The highest BCUT2D eigenvalue weighted by Gasteiger charge is 2.42. The van der Waals surface area contributed by atoms with Gasteiger partial charge >= 0.3 is 0 Å². The smallest absolute Gasteiger partial charge is 0.105 e. The summed E-state index contributed by atoms with van der Waals surface area (Å²) in [6, 6.07) is 4.19. The van der Waals surface area contributed by atoms with Crippen LogP contribution in [-0.2, 0) is 6.42 Å². The molecule has 1 fully saturated rings. The second kappa shape index (κ2) is 6.07. The molecule has 0 aliphatic heterocycles. The predicted octanol–water partition coefficient (Wildman–Crippen LogP) is 2.16.